The molecule has 106 valence electrons. The Balaban J connectivity index is 2.01. The summed E-state index contributed by atoms with van der Waals surface area (Å²) in [5.74, 6) is 0.410. The van der Waals surface area contributed by atoms with Crippen LogP contribution in [0.5, 0.6) is 5.75 Å². The number of nitrogens with one attached hydrogen (secondary N) is 1. The molecule has 2 rings (SSSR count). The van der Waals surface area contributed by atoms with Gasteiger partial charge in [-0.2, -0.15) is 0 Å². The van der Waals surface area contributed by atoms with E-state index in [1.54, 1.807) is 31.2 Å². The molecule has 0 saturated carbocycles. The molecule has 7 heteroatoms. The third-order valence-corrected chi connectivity index (χ3v) is 2.95. The van der Waals surface area contributed by atoms with E-state index in [1.165, 1.54) is 0 Å². The molecule has 0 saturated heterocycles. The predicted molar refractivity (Wildman–Crippen MR) is 73.8 cm³/mol. The maximum Gasteiger partial charge on any atom is 0.266 e. The molecule has 2 aromatic rings. The first kappa shape index (κ1) is 14.3. The number of aromatic nitrogens is 2. The highest BCUT2D eigenvalue weighted by Gasteiger charge is 2.19. The lowest BCUT2D eigenvalue weighted by molar-refractivity contribution is -0.122. The van der Waals surface area contributed by atoms with Crippen LogP contribution in [0.1, 0.15) is 19.5 Å². The van der Waals surface area contributed by atoms with Crippen molar-refractivity contribution in [3.05, 3.63) is 35.0 Å². The zero-order valence-electron chi connectivity index (χ0n) is 11.1. The summed E-state index contributed by atoms with van der Waals surface area (Å²) in [6.45, 7) is 3.51. The number of nitrogens with zero attached hydrogens (tertiary/aromatic N) is 2. The van der Waals surface area contributed by atoms with Gasteiger partial charge in [-0.15, -0.1) is 0 Å². The first-order valence-corrected chi connectivity index (χ1v) is 6.53. The summed E-state index contributed by atoms with van der Waals surface area (Å²) in [4.78, 5) is 12.0. The molecule has 20 heavy (non-hydrogen) atoms. The SMILES string of the molecule is CCc1nonc1NC(=O)[C@@H](C)Oc1ccccc1Cl. The summed E-state index contributed by atoms with van der Waals surface area (Å²) >= 11 is 5.97. The molecule has 0 bridgehead atoms. The summed E-state index contributed by atoms with van der Waals surface area (Å²) in [6.07, 6.45) is -0.116. The maximum absolute atomic E-state index is 12.0. The second kappa shape index (κ2) is 6.38. The van der Waals surface area contributed by atoms with Crippen LogP contribution < -0.4 is 10.1 Å². The fraction of sp³-hybridized carbons (Fsp3) is 0.308. The first-order valence-electron chi connectivity index (χ1n) is 6.15. The molecule has 6 nitrogen and oxygen atoms in total. The average molecular weight is 296 g/mol. The molecular weight excluding hydrogens is 282 g/mol. The largest absolute Gasteiger partial charge is 0.479 e. The van der Waals surface area contributed by atoms with E-state index in [2.05, 4.69) is 20.3 Å². The normalized spacial score (nSPS) is 11.9. The van der Waals surface area contributed by atoms with E-state index in [-0.39, 0.29) is 5.91 Å². The van der Waals surface area contributed by atoms with E-state index >= 15 is 0 Å². The van der Waals surface area contributed by atoms with Crippen molar-refractivity contribution in [3.63, 3.8) is 0 Å². The van der Waals surface area contributed by atoms with Gasteiger partial charge in [0.1, 0.15) is 11.4 Å². The average Bonchev–Trinajstić information content (AvgIpc) is 2.88. The topological polar surface area (TPSA) is 77.3 Å². The number of halogens is 1. The minimum Gasteiger partial charge on any atom is -0.479 e. The minimum absolute atomic E-state index is 0.312. The standard InChI is InChI=1S/C13H14ClN3O3/c1-3-10-12(17-20-16-10)15-13(18)8(2)19-11-7-5-4-6-9(11)14/h4-8H,3H2,1-2H3,(H,15,17,18)/t8-/m1/s1. The van der Waals surface area contributed by atoms with Crippen LogP contribution in [0.3, 0.4) is 0 Å². The van der Waals surface area contributed by atoms with Gasteiger partial charge in [0.25, 0.3) is 5.91 Å². The number of hydrogen-bond donors (Lipinski definition) is 1. The van der Waals surface area contributed by atoms with Crippen molar-refractivity contribution in [2.45, 2.75) is 26.4 Å². The Labute approximate surface area is 121 Å². The van der Waals surface area contributed by atoms with Crippen molar-refractivity contribution in [2.24, 2.45) is 0 Å². The zero-order valence-corrected chi connectivity index (χ0v) is 11.8. The van der Waals surface area contributed by atoms with Crippen LogP contribution in [0.2, 0.25) is 5.02 Å². The molecule has 0 fully saturated rings. The Morgan fingerprint density at radius 1 is 1.45 bits per heavy atom. The maximum atomic E-state index is 12.0. The highest BCUT2D eigenvalue weighted by Crippen LogP contribution is 2.24. The third kappa shape index (κ3) is 3.27. The van der Waals surface area contributed by atoms with Gasteiger partial charge in [-0.1, -0.05) is 35.8 Å². The van der Waals surface area contributed by atoms with Crippen molar-refractivity contribution in [1.82, 2.24) is 10.3 Å². The number of hydrogen-bond acceptors (Lipinski definition) is 5. The van der Waals surface area contributed by atoms with E-state index in [4.69, 9.17) is 16.3 Å². The number of amides is 1. The lowest BCUT2D eigenvalue weighted by atomic mass is 10.3. The van der Waals surface area contributed by atoms with Gasteiger partial charge in [0.2, 0.25) is 5.82 Å². The molecule has 1 heterocycles. The van der Waals surface area contributed by atoms with E-state index in [9.17, 15) is 4.79 Å². The van der Waals surface area contributed by atoms with E-state index in [0.29, 0.717) is 28.7 Å². The monoisotopic (exact) mass is 295 g/mol. The molecule has 0 radical (unpaired) electrons. The lowest BCUT2D eigenvalue weighted by Crippen LogP contribution is -2.30. The Kier molecular flexibility index (Phi) is 4.57. The van der Waals surface area contributed by atoms with Crippen LogP contribution in [0.15, 0.2) is 28.9 Å². The molecule has 0 aliphatic carbocycles. The smallest absolute Gasteiger partial charge is 0.266 e. The van der Waals surface area contributed by atoms with Crippen LogP contribution in [0, 0.1) is 0 Å². The number of rotatable bonds is 5. The van der Waals surface area contributed by atoms with E-state index < -0.39 is 6.10 Å². The highest BCUT2D eigenvalue weighted by molar-refractivity contribution is 6.32. The molecule has 1 N–H and O–H groups in total. The zero-order chi connectivity index (χ0) is 14.5. The van der Waals surface area contributed by atoms with E-state index in [0.717, 1.165) is 0 Å². The molecule has 1 aromatic heterocycles. The van der Waals surface area contributed by atoms with Crippen molar-refractivity contribution in [1.29, 1.82) is 0 Å². The van der Waals surface area contributed by atoms with Crippen LogP contribution >= 0.6 is 11.6 Å². The quantitative estimate of drug-likeness (QED) is 0.917. The number of aryl methyl sites for hydroxylation is 1. The Morgan fingerprint density at radius 2 is 2.20 bits per heavy atom. The molecular formula is C13H14ClN3O3. The Bertz CT molecular complexity index is 600. The van der Waals surface area contributed by atoms with Crippen LogP contribution in [0.4, 0.5) is 5.82 Å². The molecule has 0 aliphatic rings. The number of benzene rings is 1. The summed E-state index contributed by atoms with van der Waals surface area (Å²) in [5, 5.41) is 10.4. The van der Waals surface area contributed by atoms with Gasteiger partial charge in [-0.05, 0) is 30.6 Å². The summed E-state index contributed by atoms with van der Waals surface area (Å²) < 4.78 is 10.1. The number of para-hydroxylation sites is 1. The number of ether oxygens (including phenoxy) is 1. The Hall–Kier alpha value is -2.08. The van der Waals surface area contributed by atoms with Crippen LogP contribution in [-0.2, 0) is 11.2 Å². The molecule has 0 spiro atoms. The number of carbonyl (C=O) groups excluding carboxylic acids is 1. The molecule has 1 amide bonds. The van der Waals surface area contributed by atoms with E-state index in [1.807, 2.05) is 6.92 Å². The predicted octanol–water partition coefficient (Wildman–Crippen LogP) is 2.69. The molecule has 0 unspecified atom stereocenters. The van der Waals surface area contributed by atoms with Crippen LogP contribution in [0.25, 0.3) is 0 Å². The molecule has 0 aliphatic heterocycles. The third-order valence-electron chi connectivity index (χ3n) is 2.64. The molecule has 1 atom stereocenters. The fourth-order valence-electron chi connectivity index (χ4n) is 1.54. The minimum atomic E-state index is -0.726. The van der Waals surface area contributed by atoms with Crippen molar-refractivity contribution < 1.29 is 14.2 Å². The summed E-state index contributed by atoms with van der Waals surface area (Å²) in [7, 11) is 0. The fourth-order valence-corrected chi connectivity index (χ4v) is 1.72. The van der Waals surface area contributed by atoms with Gasteiger partial charge in [0.15, 0.2) is 6.10 Å². The van der Waals surface area contributed by atoms with Gasteiger partial charge in [0.05, 0.1) is 5.02 Å². The Morgan fingerprint density at radius 3 is 2.90 bits per heavy atom. The van der Waals surface area contributed by atoms with Crippen LogP contribution in [-0.4, -0.2) is 22.3 Å². The first-order chi connectivity index (χ1) is 9.61. The van der Waals surface area contributed by atoms with Gasteiger partial charge in [-0.3, -0.25) is 4.79 Å². The number of anilines is 1. The summed E-state index contributed by atoms with van der Waals surface area (Å²) in [5.41, 5.74) is 0.586. The highest BCUT2D eigenvalue weighted by atomic mass is 35.5. The lowest BCUT2D eigenvalue weighted by Gasteiger charge is -2.14. The van der Waals surface area contributed by atoms with Crippen molar-refractivity contribution in [2.75, 3.05) is 5.32 Å². The van der Waals surface area contributed by atoms with Crippen molar-refractivity contribution in [3.8, 4) is 5.75 Å². The van der Waals surface area contributed by atoms with Gasteiger partial charge >= 0.3 is 0 Å². The summed E-state index contributed by atoms with van der Waals surface area (Å²) in [6, 6.07) is 6.95. The molecule has 1 aromatic carbocycles. The van der Waals surface area contributed by atoms with Gasteiger partial charge < -0.3 is 10.1 Å². The second-order valence-corrected chi connectivity index (χ2v) is 4.50. The van der Waals surface area contributed by atoms with Gasteiger partial charge in [-0.25, -0.2) is 4.63 Å². The van der Waals surface area contributed by atoms with Crippen molar-refractivity contribution >= 4 is 23.3 Å². The van der Waals surface area contributed by atoms with Gasteiger partial charge in [0, 0.05) is 0 Å². The number of carbonyl (C=O) groups is 1. The second-order valence-electron chi connectivity index (χ2n) is 4.09.